The molecule has 1 heterocycles. The van der Waals surface area contributed by atoms with Crippen LogP contribution in [0.3, 0.4) is 0 Å². The molecule has 2 rings (SSSR count). The summed E-state index contributed by atoms with van der Waals surface area (Å²) in [4.78, 5) is 16.9. The fraction of sp³-hybridized carbons (Fsp3) is 0.933. The van der Waals surface area contributed by atoms with Crippen molar-refractivity contribution in [2.75, 3.05) is 33.7 Å². The largest absolute Gasteiger partial charge is 0.345 e. The smallest absolute Gasteiger partial charge is 0.225 e. The van der Waals surface area contributed by atoms with Gasteiger partial charge in [0.15, 0.2) is 0 Å². The average molecular weight is 267 g/mol. The summed E-state index contributed by atoms with van der Waals surface area (Å²) in [7, 11) is 4.12. The van der Waals surface area contributed by atoms with Crippen LogP contribution in [0.1, 0.15) is 32.6 Å². The van der Waals surface area contributed by atoms with Crippen molar-refractivity contribution in [3.8, 4) is 0 Å². The van der Waals surface area contributed by atoms with Gasteiger partial charge in [-0.1, -0.05) is 13.3 Å². The molecular formula is C15H29N3O. The Kier molecular flexibility index (Phi) is 4.85. The third-order valence-electron chi connectivity index (χ3n) is 5.08. The van der Waals surface area contributed by atoms with Crippen molar-refractivity contribution in [1.29, 1.82) is 0 Å². The molecule has 2 N–H and O–H groups in total. The monoisotopic (exact) mass is 267 g/mol. The lowest BCUT2D eigenvalue weighted by molar-refractivity contribution is -0.137. The van der Waals surface area contributed by atoms with Crippen molar-refractivity contribution in [3.05, 3.63) is 0 Å². The quantitative estimate of drug-likeness (QED) is 0.835. The van der Waals surface area contributed by atoms with E-state index in [0.717, 1.165) is 38.9 Å². The van der Waals surface area contributed by atoms with Crippen LogP contribution in [0.25, 0.3) is 0 Å². The number of rotatable bonds is 3. The standard InChI is InChI=1S/C15H29N3O/c1-11-13(5-4-6-14(11)16)15(19)18(3)10-12-7-8-17(2)9-12/h11-14H,4-10,16H2,1-3H3. The van der Waals surface area contributed by atoms with E-state index in [0.29, 0.717) is 17.7 Å². The summed E-state index contributed by atoms with van der Waals surface area (Å²) in [5.74, 6) is 1.44. The van der Waals surface area contributed by atoms with E-state index in [9.17, 15) is 4.79 Å². The molecule has 4 atom stereocenters. The van der Waals surface area contributed by atoms with Crippen LogP contribution in [0.15, 0.2) is 0 Å². The second-order valence-corrected chi connectivity index (χ2v) is 6.70. The van der Waals surface area contributed by atoms with Crippen LogP contribution in [0.2, 0.25) is 0 Å². The molecule has 0 aromatic carbocycles. The Hall–Kier alpha value is -0.610. The van der Waals surface area contributed by atoms with Crippen molar-refractivity contribution in [1.82, 2.24) is 9.80 Å². The van der Waals surface area contributed by atoms with Crippen LogP contribution < -0.4 is 5.73 Å². The average Bonchev–Trinajstić information content (AvgIpc) is 2.77. The highest BCUT2D eigenvalue weighted by atomic mass is 16.2. The van der Waals surface area contributed by atoms with Crippen molar-refractivity contribution >= 4 is 5.91 Å². The number of hydrogen-bond acceptors (Lipinski definition) is 3. The summed E-state index contributed by atoms with van der Waals surface area (Å²) < 4.78 is 0. The van der Waals surface area contributed by atoms with Gasteiger partial charge in [-0.2, -0.15) is 0 Å². The van der Waals surface area contributed by atoms with E-state index < -0.39 is 0 Å². The highest BCUT2D eigenvalue weighted by molar-refractivity contribution is 5.79. The van der Waals surface area contributed by atoms with Crippen LogP contribution in [0.5, 0.6) is 0 Å². The molecule has 0 bridgehead atoms. The Morgan fingerprint density at radius 3 is 2.74 bits per heavy atom. The van der Waals surface area contributed by atoms with Gasteiger partial charge in [0.1, 0.15) is 0 Å². The summed E-state index contributed by atoms with van der Waals surface area (Å²) in [5, 5.41) is 0. The van der Waals surface area contributed by atoms with Gasteiger partial charge < -0.3 is 15.5 Å². The first kappa shape index (κ1) is 14.8. The van der Waals surface area contributed by atoms with Crippen molar-refractivity contribution in [3.63, 3.8) is 0 Å². The molecule has 2 fully saturated rings. The Labute approximate surface area is 117 Å². The Balaban J connectivity index is 1.87. The van der Waals surface area contributed by atoms with Crippen molar-refractivity contribution in [2.45, 2.75) is 38.6 Å². The number of carbonyl (C=O) groups is 1. The van der Waals surface area contributed by atoms with Gasteiger partial charge in [0, 0.05) is 32.1 Å². The van der Waals surface area contributed by atoms with Crippen LogP contribution in [0, 0.1) is 17.8 Å². The van der Waals surface area contributed by atoms with Gasteiger partial charge in [-0.15, -0.1) is 0 Å². The maximum absolute atomic E-state index is 12.6. The van der Waals surface area contributed by atoms with E-state index in [1.54, 1.807) is 0 Å². The molecule has 4 unspecified atom stereocenters. The van der Waals surface area contributed by atoms with Gasteiger partial charge in [-0.3, -0.25) is 4.79 Å². The van der Waals surface area contributed by atoms with E-state index in [2.05, 4.69) is 18.9 Å². The number of nitrogens with zero attached hydrogens (tertiary/aromatic N) is 2. The number of likely N-dealkylation sites (tertiary alicyclic amines) is 1. The normalized spacial score (nSPS) is 36.4. The molecule has 1 saturated carbocycles. The van der Waals surface area contributed by atoms with Gasteiger partial charge >= 0.3 is 0 Å². The first-order valence-electron chi connectivity index (χ1n) is 7.68. The second-order valence-electron chi connectivity index (χ2n) is 6.70. The summed E-state index contributed by atoms with van der Waals surface area (Å²) in [6.07, 6.45) is 4.40. The second kappa shape index (κ2) is 6.23. The minimum atomic E-state index is 0.146. The lowest BCUT2D eigenvalue weighted by atomic mass is 9.76. The fourth-order valence-electron chi connectivity index (χ4n) is 3.68. The van der Waals surface area contributed by atoms with E-state index in [1.807, 2.05) is 11.9 Å². The van der Waals surface area contributed by atoms with Crippen molar-refractivity contribution in [2.24, 2.45) is 23.5 Å². The molecule has 4 heteroatoms. The van der Waals surface area contributed by atoms with E-state index in [-0.39, 0.29) is 12.0 Å². The number of hydrogen-bond donors (Lipinski definition) is 1. The van der Waals surface area contributed by atoms with Crippen LogP contribution in [-0.4, -0.2) is 55.5 Å². The summed E-state index contributed by atoms with van der Waals surface area (Å²) in [6.45, 7) is 5.33. The molecule has 0 aromatic rings. The zero-order chi connectivity index (χ0) is 14.0. The number of carbonyl (C=O) groups excluding carboxylic acids is 1. The Bertz CT molecular complexity index is 321. The molecule has 19 heavy (non-hydrogen) atoms. The van der Waals surface area contributed by atoms with E-state index >= 15 is 0 Å². The molecule has 0 spiro atoms. The Morgan fingerprint density at radius 2 is 2.11 bits per heavy atom. The molecule has 1 aliphatic heterocycles. The van der Waals surface area contributed by atoms with Gasteiger partial charge in [-0.25, -0.2) is 0 Å². The van der Waals surface area contributed by atoms with Crippen LogP contribution >= 0.6 is 0 Å². The highest BCUT2D eigenvalue weighted by Gasteiger charge is 2.35. The zero-order valence-corrected chi connectivity index (χ0v) is 12.6. The molecule has 1 amide bonds. The zero-order valence-electron chi connectivity index (χ0n) is 12.6. The molecule has 4 nitrogen and oxygen atoms in total. The predicted octanol–water partition coefficient (Wildman–Crippen LogP) is 1.16. The van der Waals surface area contributed by atoms with Gasteiger partial charge in [-0.05, 0) is 44.7 Å². The SMILES string of the molecule is CC1C(N)CCCC1C(=O)N(C)CC1CCN(C)C1. The summed E-state index contributed by atoms with van der Waals surface area (Å²) in [6, 6.07) is 0.203. The maximum Gasteiger partial charge on any atom is 0.225 e. The lowest BCUT2D eigenvalue weighted by Crippen LogP contribution is -2.45. The minimum Gasteiger partial charge on any atom is -0.345 e. The van der Waals surface area contributed by atoms with E-state index in [1.165, 1.54) is 6.42 Å². The van der Waals surface area contributed by atoms with Crippen molar-refractivity contribution < 1.29 is 4.79 Å². The molecule has 1 saturated heterocycles. The van der Waals surface area contributed by atoms with Crippen LogP contribution in [-0.2, 0) is 4.79 Å². The maximum atomic E-state index is 12.6. The molecule has 110 valence electrons. The molecule has 2 aliphatic rings. The van der Waals surface area contributed by atoms with Gasteiger partial charge in [0.25, 0.3) is 0 Å². The Morgan fingerprint density at radius 1 is 1.37 bits per heavy atom. The predicted molar refractivity (Wildman–Crippen MR) is 77.7 cm³/mol. The summed E-state index contributed by atoms with van der Waals surface area (Å²) >= 11 is 0. The van der Waals surface area contributed by atoms with E-state index in [4.69, 9.17) is 5.73 Å². The summed E-state index contributed by atoms with van der Waals surface area (Å²) in [5.41, 5.74) is 6.11. The highest BCUT2D eigenvalue weighted by Crippen LogP contribution is 2.30. The molecule has 0 aromatic heterocycles. The fourth-order valence-corrected chi connectivity index (χ4v) is 3.68. The number of nitrogens with two attached hydrogens (primary N) is 1. The molecule has 0 radical (unpaired) electrons. The lowest BCUT2D eigenvalue weighted by Gasteiger charge is -2.35. The molecular weight excluding hydrogens is 238 g/mol. The third kappa shape index (κ3) is 3.48. The van der Waals surface area contributed by atoms with Gasteiger partial charge in [0.2, 0.25) is 5.91 Å². The minimum absolute atomic E-state index is 0.146. The topological polar surface area (TPSA) is 49.6 Å². The molecule has 1 aliphatic carbocycles. The first-order chi connectivity index (χ1) is 8.99. The first-order valence-corrected chi connectivity index (χ1v) is 7.68. The number of amides is 1. The van der Waals surface area contributed by atoms with Crippen LogP contribution in [0.4, 0.5) is 0 Å². The van der Waals surface area contributed by atoms with Gasteiger partial charge in [0.05, 0.1) is 0 Å². The third-order valence-corrected chi connectivity index (χ3v) is 5.08.